The summed E-state index contributed by atoms with van der Waals surface area (Å²) in [6, 6.07) is 6.66. The van der Waals surface area contributed by atoms with E-state index in [2.05, 4.69) is 5.32 Å². The first-order valence-corrected chi connectivity index (χ1v) is 12.3. The number of nitrogens with one attached hydrogen (secondary N) is 1. The van der Waals surface area contributed by atoms with Crippen LogP contribution in [0.1, 0.15) is 51.9 Å². The van der Waals surface area contributed by atoms with Crippen molar-refractivity contribution in [3.63, 3.8) is 0 Å². The van der Waals surface area contributed by atoms with Gasteiger partial charge in [-0.15, -0.1) is 0 Å². The van der Waals surface area contributed by atoms with E-state index in [1.165, 1.54) is 30.6 Å². The highest BCUT2D eigenvalue weighted by Gasteiger charge is 2.19. The Hall–Kier alpha value is -1.80. The molecule has 0 radical (unpaired) electrons. The SMILES string of the molecule is CC[C@@H](Oc1ccc(N(C)S(C)(=O)=O)cc1)C(=O)NCCCOC1CCCCC1. The Bertz CT molecular complexity index is 730. The third kappa shape index (κ3) is 7.85. The van der Waals surface area contributed by atoms with E-state index in [-0.39, 0.29) is 5.91 Å². The van der Waals surface area contributed by atoms with Crippen molar-refractivity contribution in [2.24, 2.45) is 0 Å². The minimum absolute atomic E-state index is 0.150. The Labute approximate surface area is 174 Å². The van der Waals surface area contributed by atoms with E-state index in [4.69, 9.17) is 9.47 Å². The van der Waals surface area contributed by atoms with Gasteiger partial charge in [-0.1, -0.05) is 26.2 Å². The van der Waals surface area contributed by atoms with Crippen LogP contribution in [-0.2, 0) is 19.6 Å². The smallest absolute Gasteiger partial charge is 0.261 e. The average Bonchev–Trinajstić information content (AvgIpc) is 2.71. The second-order valence-corrected chi connectivity index (χ2v) is 9.53. The molecule has 1 N–H and O–H groups in total. The van der Waals surface area contributed by atoms with E-state index >= 15 is 0 Å². The van der Waals surface area contributed by atoms with Crippen molar-refractivity contribution in [3.8, 4) is 5.75 Å². The Balaban J connectivity index is 1.74. The maximum Gasteiger partial charge on any atom is 0.261 e. The van der Waals surface area contributed by atoms with Crippen LogP contribution in [0.2, 0.25) is 0 Å². The van der Waals surface area contributed by atoms with Crippen molar-refractivity contribution < 1.29 is 22.7 Å². The predicted octanol–water partition coefficient (Wildman–Crippen LogP) is 3.10. The van der Waals surface area contributed by atoms with Crippen molar-refractivity contribution in [2.45, 2.75) is 64.1 Å². The van der Waals surface area contributed by atoms with Crippen molar-refractivity contribution in [1.82, 2.24) is 5.32 Å². The molecule has 1 aliphatic rings. The van der Waals surface area contributed by atoms with Gasteiger partial charge in [-0.3, -0.25) is 9.10 Å². The van der Waals surface area contributed by atoms with E-state index in [1.807, 2.05) is 6.92 Å². The van der Waals surface area contributed by atoms with Crippen LogP contribution < -0.4 is 14.4 Å². The average molecular weight is 427 g/mol. The van der Waals surface area contributed by atoms with E-state index in [9.17, 15) is 13.2 Å². The summed E-state index contributed by atoms with van der Waals surface area (Å²) in [6.07, 6.45) is 8.38. The lowest BCUT2D eigenvalue weighted by Crippen LogP contribution is -2.38. The zero-order valence-corrected chi connectivity index (χ0v) is 18.5. The number of hydrogen-bond donors (Lipinski definition) is 1. The molecule has 0 bridgehead atoms. The molecule has 1 aromatic carbocycles. The molecule has 0 unspecified atom stereocenters. The number of amides is 1. The fourth-order valence-corrected chi connectivity index (χ4v) is 3.80. The minimum atomic E-state index is -3.31. The lowest BCUT2D eigenvalue weighted by molar-refractivity contribution is -0.128. The molecule has 0 aromatic heterocycles. The maximum atomic E-state index is 12.4. The summed E-state index contributed by atoms with van der Waals surface area (Å²) in [5.74, 6) is 0.376. The molecule has 29 heavy (non-hydrogen) atoms. The van der Waals surface area contributed by atoms with Crippen LogP contribution in [0.15, 0.2) is 24.3 Å². The number of carbonyl (C=O) groups is 1. The van der Waals surface area contributed by atoms with Crippen molar-refractivity contribution in [3.05, 3.63) is 24.3 Å². The number of hydrogen-bond acceptors (Lipinski definition) is 5. The molecule has 7 nitrogen and oxygen atoms in total. The third-order valence-electron chi connectivity index (χ3n) is 5.17. The second kappa shape index (κ2) is 11.4. The Morgan fingerprint density at radius 3 is 2.45 bits per heavy atom. The van der Waals surface area contributed by atoms with Crippen LogP contribution in [0.3, 0.4) is 0 Å². The van der Waals surface area contributed by atoms with Crippen molar-refractivity contribution >= 4 is 21.6 Å². The van der Waals surface area contributed by atoms with E-state index in [0.29, 0.717) is 37.1 Å². The summed E-state index contributed by atoms with van der Waals surface area (Å²) in [7, 11) is -1.82. The highest BCUT2D eigenvalue weighted by atomic mass is 32.2. The summed E-state index contributed by atoms with van der Waals surface area (Å²) in [5, 5.41) is 2.91. The second-order valence-electron chi connectivity index (χ2n) is 7.51. The van der Waals surface area contributed by atoms with Gasteiger partial charge in [-0.25, -0.2) is 8.42 Å². The van der Waals surface area contributed by atoms with Gasteiger partial charge < -0.3 is 14.8 Å². The number of sulfonamides is 1. The van der Waals surface area contributed by atoms with Gasteiger partial charge in [0.2, 0.25) is 10.0 Å². The van der Waals surface area contributed by atoms with Crippen molar-refractivity contribution in [2.75, 3.05) is 30.8 Å². The van der Waals surface area contributed by atoms with Gasteiger partial charge in [0.25, 0.3) is 5.91 Å². The Kier molecular flexibility index (Phi) is 9.23. The minimum Gasteiger partial charge on any atom is -0.481 e. The van der Waals surface area contributed by atoms with Crippen LogP contribution in [0.4, 0.5) is 5.69 Å². The molecule has 8 heteroatoms. The Morgan fingerprint density at radius 2 is 1.86 bits per heavy atom. The van der Waals surface area contributed by atoms with Gasteiger partial charge >= 0.3 is 0 Å². The zero-order valence-electron chi connectivity index (χ0n) is 17.7. The number of ether oxygens (including phenoxy) is 2. The summed E-state index contributed by atoms with van der Waals surface area (Å²) in [5.41, 5.74) is 0.537. The van der Waals surface area contributed by atoms with Crippen molar-refractivity contribution in [1.29, 1.82) is 0 Å². The fourth-order valence-electron chi connectivity index (χ4n) is 3.29. The largest absolute Gasteiger partial charge is 0.481 e. The molecule has 1 amide bonds. The molecular formula is C21H34N2O5S. The fraction of sp³-hybridized carbons (Fsp3) is 0.667. The normalized spacial score (nSPS) is 16.2. The lowest BCUT2D eigenvalue weighted by atomic mass is 9.98. The topological polar surface area (TPSA) is 84.9 Å². The lowest BCUT2D eigenvalue weighted by Gasteiger charge is -2.22. The molecule has 0 heterocycles. The van der Waals surface area contributed by atoms with Crippen LogP contribution >= 0.6 is 0 Å². The zero-order chi connectivity index (χ0) is 21.3. The van der Waals surface area contributed by atoms with Gasteiger partial charge in [-0.05, 0) is 49.9 Å². The molecule has 164 valence electrons. The van der Waals surface area contributed by atoms with Crippen LogP contribution in [-0.4, -0.2) is 53.0 Å². The number of rotatable bonds is 11. The first-order valence-electron chi connectivity index (χ1n) is 10.4. The van der Waals surface area contributed by atoms with E-state index < -0.39 is 16.1 Å². The van der Waals surface area contributed by atoms with Gasteiger partial charge in [0, 0.05) is 20.2 Å². The summed E-state index contributed by atoms with van der Waals surface area (Å²) in [4.78, 5) is 12.4. The van der Waals surface area contributed by atoms with Gasteiger partial charge in [0.1, 0.15) is 5.75 Å². The van der Waals surface area contributed by atoms with Gasteiger partial charge in [-0.2, -0.15) is 0 Å². The summed E-state index contributed by atoms with van der Waals surface area (Å²) < 4.78 is 36.0. The molecule has 0 saturated heterocycles. The van der Waals surface area contributed by atoms with Gasteiger partial charge in [0.05, 0.1) is 18.0 Å². The number of benzene rings is 1. The molecule has 1 aliphatic carbocycles. The number of anilines is 1. The summed E-state index contributed by atoms with van der Waals surface area (Å²) in [6.45, 7) is 3.11. The molecule has 1 saturated carbocycles. The molecule has 2 rings (SSSR count). The molecule has 1 fully saturated rings. The predicted molar refractivity (Wildman–Crippen MR) is 115 cm³/mol. The number of carbonyl (C=O) groups excluding carboxylic acids is 1. The van der Waals surface area contributed by atoms with E-state index in [1.54, 1.807) is 24.3 Å². The van der Waals surface area contributed by atoms with Crippen LogP contribution in [0, 0.1) is 0 Å². The molecule has 0 aliphatic heterocycles. The third-order valence-corrected chi connectivity index (χ3v) is 6.37. The first-order chi connectivity index (χ1) is 13.8. The van der Waals surface area contributed by atoms with E-state index in [0.717, 1.165) is 25.5 Å². The summed E-state index contributed by atoms with van der Waals surface area (Å²) >= 11 is 0. The Morgan fingerprint density at radius 1 is 1.21 bits per heavy atom. The molecule has 1 atom stereocenters. The quantitative estimate of drug-likeness (QED) is 0.550. The number of nitrogens with zero attached hydrogens (tertiary/aromatic N) is 1. The molecule has 1 aromatic rings. The maximum absolute atomic E-state index is 12.4. The standard InChI is InChI=1S/C21H34N2O5S/c1-4-20(21(24)22-15-8-16-27-18-9-6-5-7-10-18)28-19-13-11-17(12-14-19)23(2)29(3,25)26/h11-14,18,20H,4-10,15-16H2,1-3H3,(H,22,24)/t20-/m1/s1. The first kappa shape index (κ1) is 23.5. The highest BCUT2D eigenvalue weighted by Crippen LogP contribution is 2.22. The monoisotopic (exact) mass is 426 g/mol. The van der Waals surface area contributed by atoms with Crippen LogP contribution in [0.25, 0.3) is 0 Å². The highest BCUT2D eigenvalue weighted by molar-refractivity contribution is 7.92. The van der Waals surface area contributed by atoms with Gasteiger partial charge in [0.15, 0.2) is 6.10 Å². The molecular weight excluding hydrogens is 392 g/mol. The molecule has 0 spiro atoms. The van der Waals surface area contributed by atoms with Crippen LogP contribution in [0.5, 0.6) is 5.75 Å².